The van der Waals surface area contributed by atoms with E-state index in [1.165, 1.54) is 0 Å². The van der Waals surface area contributed by atoms with Crippen LogP contribution in [0.1, 0.15) is 11.7 Å². The van der Waals surface area contributed by atoms with E-state index < -0.39 is 33.4 Å². The van der Waals surface area contributed by atoms with E-state index >= 15 is 0 Å². The van der Waals surface area contributed by atoms with Gasteiger partial charge in [0.1, 0.15) is 11.1 Å². The highest BCUT2D eigenvalue weighted by Gasteiger charge is 2.65. The average Bonchev–Trinajstić information content (AvgIpc) is 2.13. The second-order valence-electron chi connectivity index (χ2n) is 3.36. The van der Waals surface area contributed by atoms with Gasteiger partial charge in [-0.2, -0.15) is 0 Å². The second kappa shape index (κ2) is 4.36. The molecule has 0 aliphatic heterocycles. The van der Waals surface area contributed by atoms with E-state index in [9.17, 15) is 23.8 Å². The van der Waals surface area contributed by atoms with Gasteiger partial charge in [-0.25, -0.2) is 4.39 Å². The molecule has 2 N–H and O–H groups in total. The molecule has 0 bridgehead atoms. The maximum atomic E-state index is 13.1. The van der Waals surface area contributed by atoms with Crippen molar-refractivity contribution in [1.82, 2.24) is 0 Å². The third-order valence-electron chi connectivity index (χ3n) is 1.96. The monoisotopic (exact) mass is 335 g/mol. The van der Waals surface area contributed by atoms with E-state index in [4.69, 9.17) is 17.3 Å². The summed E-state index contributed by atoms with van der Waals surface area (Å²) in [6, 6.07) is 0.699. The van der Waals surface area contributed by atoms with Gasteiger partial charge >= 0.3 is 10.2 Å². The van der Waals surface area contributed by atoms with Crippen molar-refractivity contribution in [1.29, 1.82) is 0 Å². The third-order valence-corrected chi connectivity index (χ3v) is 3.45. The molecule has 0 amide bonds. The van der Waals surface area contributed by atoms with Crippen LogP contribution in [0.15, 0.2) is 23.1 Å². The van der Waals surface area contributed by atoms with Crippen molar-refractivity contribution in [2.24, 2.45) is 5.73 Å². The zero-order valence-corrected chi connectivity index (χ0v) is 10.9. The van der Waals surface area contributed by atoms with Crippen LogP contribution in [0.4, 0.5) is 23.8 Å². The lowest BCUT2D eigenvalue weighted by Crippen LogP contribution is -2.11. The van der Waals surface area contributed by atoms with E-state index in [1.54, 1.807) is 0 Å². The molecule has 1 unspecified atom stereocenters. The van der Waals surface area contributed by atoms with Crippen molar-refractivity contribution >= 4 is 34.2 Å². The van der Waals surface area contributed by atoms with Crippen LogP contribution in [0, 0.1) is 0 Å². The number of alkyl halides is 1. The first-order chi connectivity index (χ1) is 7.35. The number of halogens is 8. The molecule has 1 nitrogen and oxygen atoms in total. The lowest BCUT2D eigenvalue weighted by molar-refractivity contribution is 0.349. The Bertz CT molecular complexity index is 448. The number of hydrogen-bond acceptors (Lipinski definition) is 1. The Morgan fingerprint density at radius 2 is 1.67 bits per heavy atom. The highest BCUT2D eigenvalue weighted by molar-refractivity contribution is 8.45. The van der Waals surface area contributed by atoms with E-state index in [-0.39, 0.29) is 29.6 Å². The van der Waals surface area contributed by atoms with Gasteiger partial charge in [0.05, 0.1) is 0 Å². The first kappa shape index (κ1) is 17.7. The fourth-order valence-corrected chi connectivity index (χ4v) is 2.04. The summed E-state index contributed by atoms with van der Waals surface area (Å²) < 4.78 is 75.3. The van der Waals surface area contributed by atoms with Crippen LogP contribution in [-0.4, -0.2) is 6.54 Å². The lowest BCUT2D eigenvalue weighted by Gasteiger charge is -2.40. The molecule has 1 aromatic rings. The number of rotatable bonds is 3. The van der Waals surface area contributed by atoms with Gasteiger partial charge < -0.3 is 5.73 Å². The summed E-state index contributed by atoms with van der Waals surface area (Å²) in [5.41, 5.74) is 4.21. The Labute approximate surface area is 110 Å². The molecule has 0 aliphatic carbocycles. The fourth-order valence-electron chi connectivity index (χ4n) is 1.13. The molecule has 0 heterocycles. The maximum absolute atomic E-state index is 13.1. The topological polar surface area (TPSA) is 26.0 Å². The normalized spacial score (nSPS) is 17.3. The molecule has 10 heteroatoms. The zero-order chi connectivity index (χ0) is 13.5. The molecule has 1 aromatic carbocycles. The van der Waals surface area contributed by atoms with Gasteiger partial charge in [0, 0.05) is 17.1 Å². The van der Waals surface area contributed by atoms with Crippen LogP contribution < -0.4 is 5.73 Å². The molecule has 18 heavy (non-hydrogen) atoms. The molecule has 0 radical (unpaired) electrons. The van der Waals surface area contributed by atoms with E-state index in [0.29, 0.717) is 6.07 Å². The van der Waals surface area contributed by atoms with Gasteiger partial charge in [-0.3, -0.25) is 0 Å². The minimum atomic E-state index is -9.82. The Balaban J connectivity index is 0.00000289. The maximum Gasteiger partial charge on any atom is 0.310 e. The van der Waals surface area contributed by atoms with Crippen LogP contribution in [-0.2, 0) is 0 Å². The molecule has 1 atom stereocenters. The minimum absolute atomic E-state index is 0. The fraction of sp³-hybridized carbons (Fsp3) is 0.250. The average molecular weight is 336 g/mol. The molecular formula is C8H9Cl2F6NS. The quantitative estimate of drug-likeness (QED) is 0.736. The largest absolute Gasteiger partial charge is 0.327 e. The van der Waals surface area contributed by atoms with E-state index in [1.807, 2.05) is 0 Å². The van der Waals surface area contributed by atoms with Crippen molar-refractivity contribution in [2.75, 3.05) is 6.54 Å². The number of nitrogens with two attached hydrogens (primary N) is 1. The Morgan fingerprint density at radius 1 is 1.17 bits per heavy atom. The third kappa shape index (κ3) is 4.11. The van der Waals surface area contributed by atoms with E-state index in [0.717, 1.165) is 0 Å². The second-order valence-corrected chi connectivity index (χ2v) is 6.17. The standard InChI is InChI=1S/C8H8ClF6NS.ClH/c9-7-2-1-5(17(11,12,13,14)15)3-6(7)8(10)4-16;/h1-3,8H,4,16H2;1H. The van der Waals surface area contributed by atoms with Crippen molar-refractivity contribution in [3.05, 3.63) is 28.8 Å². The van der Waals surface area contributed by atoms with Crippen molar-refractivity contribution in [3.8, 4) is 0 Å². The summed E-state index contributed by atoms with van der Waals surface area (Å²) in [7, 11) is -9.82. The van der Waals surface area contributed by atoms with Gasteiger partial charge in [0.2, 0.25) is 0 Å². The molecule has 0 spiro atoms. The lowest BCUT2D eigenvalue weighted by atomic mass is 10.1. The van der Waals surface area contributed by atoms with Gasteiger partial charge in [-0.05, 0) is 18.2 Å². The molecule has 108 valence electrons. The van der Waals surface area contributed by atoms with Gasteiger partial charge in [-0.1, -0.05) is 31.0 Å². The molecule has 0 aliphatic rings. The predicted molar refractivity (Wildman–Crippen MR) is 63.0 cm³/mol. The van der Waals surface area contributed by atoms with Crippen LogP contribution in [0.2, 0.25) is 5.02 Å². The van der Waals surface area contributed by atoms with E-state index in [2.05, 4.69) is 0 Å². The summed E-state index contributed by atoms with van der Waals surface area (Å²) in [5, 5.41) is -0.381. The molecule has 0 saturated heterocycles. The molecular weight excluding hydrogens is 327 g/mol. The summed E-state index contributed by atoms with van der Waals surface area (Å²) in [6.07, 6.45) is -2.03. The summed E-state index contributed by atoms with van der Waals surface area (Å²) in [6.45, 7) is -0.649. The minimum Gasteiger partial charge on any atom is -0.327 e. The number of benzene rings is 1. The van der Waals surface area contributed by atoms with Gasteiger partial charge in [0.25, 0.3) is 0 Å². The van der Waals surface area contributed by atoms with Gasteiger partial charge in [0.15, 0.2) is 0 Å². The van der Waals surface area contributed by atoms with Crippen LogP contribution in [0.5, 0.6) is 0 Å². The highest BCUT2D eigenvalue weighted by Crippen LogP contribution is 3.02. The predicted octanol–water partition coefficient (Wildman–Crippen LogP) is 5.39. The Hall–Kier alpha value is -0.310. The van der Waals surface area contributed by atoms with Crippen LogP contribution in [0.25, 0.3) is 0 Å². The van der Waals surface area contributed by atoms with Crippen LogP contribution in [0.3, 0.4) is 0 Å². The first-order valence-corrected chi connectivity index (χ1v) is 6.56. The summed E-state index contributed by atoms with van der Waals surface area (Å²) in [5.74, 6) is 0. The number of hydrogen-bond donors (Lipinski definition) is 1. The molecule has 0 saturated carbocycles. The molecule has 0 fully saturated rings. The molecule has 0 aromatic heterocycles. The summed E-state index contributed by atoms with van der Waals surface area (Å²) in [4.78, 5) is -2.18. The smallest absolute Gasteiger partial charge is 0.310 e. The SMILES string of the molecule is Cl.NCC(F)c1cc(S(F)(F)(F)(F)F)ccc1Cl. The van der Waals surface area contributed by atoms with Crippen molar-refractivity contribution in [3.63, 3.8) is 0 Å². The zero-order valence-electron chi connectivity index (χ0n) is 8.56. The van der Waals surface area contributed by atoms with Gasteiger partial charge in [-0.15, -0.1) is 12.4 Å². The highest BCUT2D eigenvalue weighted by atomic mass is 35.5. The Morgan fingerprint density at radius 3 is 2.06 bits per heavy atom. The van der Waals surface area contributed by atoms with Crippen molar-refractivity contribution < 1.29 is 23.8 Å². The molecule has 1 rings (SSSR count). The first-order valence-electron chi connectivity index (χ1n) is 4.23. The van der Waals surface area contributed by atoms with Crippen LogP contribution >= 0.6 is 34.2 Å². The Kier molecular flexibility index (Phi) is 4.29. The summed E-state index contributed by atoms with van der Waals surface area (Å²) >= 11 is 5.42. The van der Waals surface area contributed by atoms with Crippen molar-refractivity contribution in [2.45, 2.75) is 11.1 Å².